The first-order chi connectivity index (χ1) is 8.74. The minimum atomic E-state index is -0.388. The molecular weight excluding hydrogens is 232 g/mol. The predicted molar refractivity (Wildman–Crippen MR) is 66.0 cm³/mol. The van der Waals surface area contributed by atoms with Crippen molar-refractivity contribution in [1.29, 1.82) is 0 Å². The predicted octanol–water partition coefficient (Wildman–Crippen LogP) is 0.214. The van der Waals surface area contributed by atoms with Crippen molar-refractivity contribution in [3.05, 3.63) is 45.7 Å². The fourth-order valence-corrected chi connectivity index (χ4v) is 1.61. The Morgan fingerprint density at radius 1 is 1.17 bits per heavy atom. The van der Waals surface area contributed by atoms with Gasteiger partial charge in [-0.1, -0.05) is 24.3 Å². The largest absolute Gasteiger partial charge is 0.369 e. The van der Waals surface area contributed by atoms with E-state index in [4.69, 9.17) is 5.73 Å². The number of hydrogen-bond donors (Lipinski definition) is 3. The number of rotatable bonds is 0. The van der Waals surface area contributed by atoms with Gasteiger partial charge in [0.15, 0.2) is 5.52 Å². The summed E-state index contributed by atoms with van der Waals surface area (Å²) in [5, 5.41) is 9.42. The summed E-state index contributed by atoms with van der Waals surface area (Å²) < 4.78 is 0. The van der Waals surface area contributed by atoms with Gasteiger partial charge in [-0.2, -0.15) is 10.2 Å². The van der Waals surface area contributed by atoms with Crippen LogP contribution >= 0.6 is 0 Å². The summed E-state index contributed by atoms with van der Waals surface area (Å²) in [6.07, 6.45) is 1.24. The highest BCUT2D eigenvalue weighted by Crippen LogP contribution is 2.25. The van der Waals surface area contributed by atoms with Crippen LogP contribution in [-0.4, -0.2) is 25.4 Å². The second kappa shape index (κ2) is 3.95. The number of nitrogens with two attached hydrogens (primary N) is 1. The Balaban J connectivity index is 0.000000122. The lowest BCUT2D eigenvalue weighted by Crippen LogP contribution is -2.10. The molecule has 0 amide bonds. The second-order valence-corrected chi connectivity index (χ2v) is 3.89. The van der Waals surface area contributed by atoms with Gasteiger partial charge < -0.3 is 5.73 Å². The van der Waals surface area contributed by atoms with Crippen LogP contribution in [0.25, 0.3) is 11.2 Å². The lowest BCUT2D eigenvalue weighted by atomic mass is 10.4. The first-order valence-electron chi connectivity index (χ1n) is 5.37. The highest BCUT2D eigenvalue weighted by Gasteiger charge is 2.12. The minimum Gasteiger partial charge on any atom is -0.369 e. The Kier molecular flexibility index (Phi) is 2.30. The molecule has 1 aromatic carbocycles. The van der Waals surface area contributed by atoms with E-state index >= 15 is 0 Å². The van der Waals surface area contributed by atoms with Crippen LogP contribution in [0, 0.1) is 0 Å². The number of aromatic nitrogens is 5. The van der Waals surface area contributed by atoms with Crippen molar-refractivity contribution in [2.75, 3.05) is 5.73 Å². The SMILES string of the molecule is Nc1nc2n[nH]nc2c(=O)[nH]1.c1ccc2c(c1)C2. The molecule has 3 aromatic rings. The summed E-state index contributed by atoms with van der Waals surface area (Å²) in [4.78, 5) is 17.0. The lowest BCUT2D eigenvalue weighted by Gasteiger charge is -1.87. The monoisotopic (exact) mass is 242 g/mol. The van der Waals surface area contributed by atoms with Crippen LogP contribution in [0.5, 0.6) is 0 Å². The standard InChI is InChI=1S/C7H6.C4H4N6O/c1-2-4-7-5-6(7)3-1;5-4-6-2-1(3(11)7-4)8-10-9-2/h1-4H,5H2;(H4,5,6,7,8,9,10,11). The third-order valence-corrected chi connectivity index (χ3v) is 2.59. The molecule has 0 atom stereocenters. The van der Waals surface area contributed by atoms with Crippen LogP contribution in [0.1, 0.15) is 11.1 Å². The summed E-state index contributed by atoms with van der Waals surface area (Å²) in [6.45, 7) is 0. The van der Waals surface area contributed by atoms with E-state index in [0.717, 1.165) is 0 Å². The fraction of sp³-hybridized carbons (Fsp3) is 0.0909. The number of nitrogens with one attached hydrogen (secondary N) is 2. The van der Waals surface area contributed by atoms with Crippen molar-refractivity contribution in [3.63, 3.8) is 0 Å². The number of H-pyrrole nitrogens is 2. The van der Waals surface area contributed by atoms with Crippen molar-refractivity contribution in [1.82, 2.24) is 25.4 Å². The van der Waals surface area contributed by atoms with E-state index in [9.17, 15) is 4.79 Å². The van der Waals surface area contributed by atoms with E-state index in [1.807, 2.05) is 0 Å². The van der Waals surface area contributed by atoms with E-state index in [1.165, 1.54) is 17.5 Å². The van der Waals surface area contributed by atoms with Gasteiger partial charge in [0.2, 0.25) is 11.6 Å². The van der Waals surface area contributed by atoms with Crippen LogP contribution in [-0.2, 0) is 6.42 Å². The number of aromatic amines is 2. The first kappa shape index (κ1) is 10.5. The molecule has 18 heavy (non-hydrogen) atoms. The molecule has 2 aromatic heterocycles. The quantitative estimate of drug-likeness (QED) is 0.408. The Bertz CT molecular complexity index is 738. The molecule has 90 valence electrons. The van der Waals surface area contributed by atoms with Gasteiger partial charge in [-0.05, 0) is 17.5 Å². The topological polar surface area (TPSA) is 113 Å². The van der Waals surface area contributed by atoms with Gasteiger partial charge in [0.1, 0.15) is 0 Å². The van der Waals surface area contributed by atoms with E-state index in [-0.39, 0.29) is 22.7 Å². The first-order valence-corrected chi connectivity index (χ1v) is 5.37. The van der Waals surface area contributed by atoms with Crippen molar-refractivity contribution < 1.29 is 0 Å². The summed E-state index contributed by atoms with van der Waals surface area (Å²) in [5.41, 5.74) is 8.30. The maximum atomic E-state index is 11.0. The molecule has 2 heterocycles. The average Bonchev–Trinajstić information content (AvgIpc) is 2.99. The number of nitrogens with zero attached hydrogens (tertiary/aromatic N) is 3. The number of hydrogen-bond acceptors (Lipinski definition) is 5. The van der Waals surface area contributed by atoms with Gasteiger partial charge in [-0.25, -0.2) is 0 Å². The fourth-order valence-electron chi connectivity index (χ4n) is 1.61. The molecule has 1 aliphatic carbocycles. The summed E-state index contributed by atoms with van der Waals surface area (Å²) in [7, 11) is 0. The highest BCUT2D eigenvalue weighted by molar-refractivity contribution is 5.68. The van der Waals surface area contributed by atoms with E-state index in [2.05, 4.69) is 49.6 Å². The Morgan fingerprint density at radius 3 is 2.56 bits per heavy atom. The van der Waals surface area contributed by atoms with Crippen LogP contribution in [0.15, 0.2) is 29.1 Å². The van der Waals surface area contributed by atoms with Crippen molar-refractivity contribution >= 4 is 17.1 Å². The van der Waals surface area contributed by atoms with Crippen LogP contribution in [0.2, 0.25) is 0 Å². The Hall–Kier alpha value is -2.70. The smallest absolute Gasteiger partial charge is 0.282 e. The van der Waals surface area contributed by atoms with E-state index < -0.39 is 0 Å². The molecule has 0 aliphatic heterocycles. The van der Waals surface area contributed by atoms with Gasteiger partial charge in [0, 0.05) is 0 Å². The van der Waals surface area contributed by atoms with Gasteiger partial charge >= 0.3 is 0 Å². The molecule has 0 fully saturated rings. The zero-order chi connectivity index (χ0) is 12.5. The molecule has 4 N–H and O–H groups in total. The number of benzene rings is 1. The Morgan fingerprint density at radius 2 is 1.89 bits per heavy atom. The lowest BCUT2D eigenvalue weighted by molar-refractivity contribution is 0.954. The summed E-state index contributed by atoms with van der Waals surface area (Å²) in [6, 6.07) is 8.53. The van der Waals surface area contributed by atoms with Gasteiger partial charge in [0.05, 0.1) is 0 Å². The van der Waals surface area contributed by atoms with Gasteiger partial charge in [-0.3, -0.25) is 9.78 Å². The minimum absolute atomic E-state index is 0.0383. The third kappa shape index (κ3) is 1.93. The maximum absolute atomic E-state index is 11.0. The molecule has 1 aliphatic rings. The number of fused-ring (bicyclic) bond motifs is 2. The second-order valence-electron chi connectivity index (χ2n) is 3.89. The zero-order valence-electron chi connectivity index (χ0n) is 9.34. The maximum Gasteiger partial charge on any atom is 0.282 e. The molecule has 0 saturated heterocycles. The number of anilines is 1. The van der Waals surface area contributed by atoms with Crippen molar-refractivity contribution in [3.8, 4) is 0 Å². The van der Waals surface area contributed by atoms with E-state index in [1.54, 1.807) is 0 Å². The molecular formula is C11H10N6O. The molecule has 0 radical (unpaired) electrons. The molecule has 0 unspecified atom stereocenters. The molecule has 4 rings (SSSR count). The zero-order valence-corrected chi connectivity index (χ0v) is 9.34. The van der Waals surface area contributed by atoms with Crippen LogP contribution < -0.4 is 11.3 Å². The average molecular weight is 242 g/mol. The van der Waals surface area contributed by atoms with Crippen LogP contribution in [0.4, 0.5) is 5.95 Å². The molecule has 7 nitrogen and oxygen atoms in total. The van der Waals surface area contributed by atoms with Crippen molar-refractivity contribution in [2.45, 2.75) is 6.42 Å². The van der Waals surface area contributed by atoms with E-state index in [0.29, 0.717) is 0 Å². The third-order valence-electron chi connectivity index (χ3n) is 2.59. The highest BCUT2D eigenvalue weighted by atomic mass is 16.1. The van der Waals surface area contributed by atoms with Gasteiger partial charge in [-0.15, -0.1) is 10.2 Å². The number of nitrogen functional groups attached to an aromatic ring is 1. The normalized spacial score (nSPS) is 11.6. The summed E-state index contributed by atoms with van der Waals surface area (Å²) >= 11 is 0. The molecule has 0 spiro atoms. The van der Waals surface area contributed by atoms with Crippen molar-refractivity contribution in [2.24, 2.45) is 0 Å². The molecule has 0 bridgehead atoms. The molecule has 0 saturated carbocycles. The van der Waals surface area contributed by atoms with Crippen LogP contribution in [0.3, 0.4) is 0 Å². The molecule has 7 heteroatoms. The van der Waals surface area contributed by atoms with Gasteiger partial charge in [0.25, 0.3) is 5.56 Å². The summed E-state index contributed by atoms with van der Waals surface area (Å²) in [5.74, 6) is 0.0383. The Labute approximate surface area is 101 Å².